The van der Waals surface area contributed by atoms with E-state index in [4.69, 9.17) is 9.84 Å². The molecule has 116 valence electrons. The predicted molar refractivity (Wildman–Crippen MR) is 80.5 cm³/mol. The number of carbonyl (C=O) groups excluding carboxylic acids is 1. The SMILES string of the molecule is Cc1ccc(OCCC(=O)NCCC(C)C(=O)O)cc1C. The van der Waals surface area contributed by atoms with Crippen LogP contribution in [-0.4, -0.2) is 30.1 Å². The first-order valence-electron chi connectivity index (χ1n) is 7.09. The minimum atomic E-state index is -0.845. The van der Waals surface area contributed by atoms with Crippen LogP contribution in [0.25, 0.3) is 0 Å². The second-order valence-electron chi connectivity index (χ2n) is 5.22. The highest BCUT2D eigenvalue weighted by molar-refractivity contribution is 5.76. The van der Waals surface area contributed by atoms with Crippen molar-refractivity contribution in [2.75, 3.05) is 13.2 Å². The van der Waals surface area contributed by atoms with E-state index in [0.29, 0.717) is 19.6 Å². The first-order chi connectivity index (χ1) is 9.90. The maximum absolute atomic E-state index is 11.6. The van der Waals surface area contributed by atoms with E-state index in [1.165, 1.54) is 5.56 Å². The molecule has 0 aromatic heterocycles. The summed E-state index contributed by atoms with van der Waals surface area (Å²) in [5.74, 6) is -0.666. The average Bonchev–Trinajstić information content (AvgIpc) is 2.42. The van der Waals surface area contributed by atoms with E-state index >= 15 is 0 Å². The smallest absolute Gasteiger partial charge is 0.306 e. The topological polar surface area (TPSA) is 75.6 Å². The molecule has 1 unspecified atom stereocenters. The van der Waals surface area contributed by atoms with Crippen molar-refractivity contribution in [3.05, 3.63) is 29.3 Å². The Morgan fingerprint density at radius 2 is 2.00 bits per heavy atom. The molecule has 0 saturated carbocycles. The fourth-order valence-electron chi connectivity index (χ4n) is 1.71. The van der Waals surface area contributed by atoms with Crippen molar-refractivity contribution >= 4 is 11.9 Å². The molecular formula is C16H23NO4. The summed E-state index contributed by atoms with van der Waals surface area (Å²) in [5.41, 5.74) is 2.35. The highest BCUT2D eigenvalue weighted by Gasteiger charge is 2.10. The number of carbonyl (C=O) groups is 2. The first kappa shape index (κ1) is 17.0. The largest absolute Gasteiger partial charge is 0.493 e. The highest BCUT2D eigenvalue weighted by Crippen LogP contribution is 2.16. The third-order valence-electron chi connectivity index (χ3n) is 3.40. The number of benzene rings is 1. The lowest BCUT2D eigenvalue weighted by molar-refractivity contribution is -0.141. The van der Waals surface area contributed by atoms with Crippen LogP contribution in [0, 0.1) is 19.8 Å². The third kappa shape index (κ3) is 6.29. The molecule has 5 nitrogen and oxygen atoms in total. The van der Waals surface area contributed by atoms with Crippen LogP contribution >= 0.6 is 0 Å². The quantitative estimate of drug-likeness (QED) is 0.771. The van der Waals surface area contributed by atoms with Crippen LogP contribution < -0.4 is 10.1 Å². The standard InChI is InChI=1S/C16H23NO4/c1-11-4-5-14(10-13(11)3)21-9-7-15(18)17-8-6-12(2)16(19)20/h4-5,10,12H,6-9H2,1-3H3,(H,17,18)(H,19,20). The molecule has 0 bridgehead atoms. The number of nitrogens with one attached hydrogen (secondary N) is 1. The summed E-state index contributed by atoms with van der Waals surface area (Å²) in [6, 6.07) is 5.81. The lowest BCUT2D eigenvalue weighted by atomic mass is 10.1. The molecule has 1 amide bonds. The van der Waals surface area contributed by atoms with Crippen LogP contribution in [0.2, 0.25) is 0 Å². The lowest BCUT2D eigenvalue weighted by Crippen LogP contribution is -2.28. The Bertz CT molecular complexity index is 499. The number of aliphatic carboxylic acids is 1. The molecule has 2 N–H and O–H groups in total. The fourth-order valence-corrected chi connectivity index (χ4v) is 1.71. The maximum atomic E-state index is 11.6. The van der Waals surface area contributed by atoms with E-state index in [-0.39, 0.29) is 12.3 Å². The maximum Gasteiger partial charge on any atom is 0.306 e. The van der Waals surface area contributed by atoms with Gasteiger partial charge in [-0.1, -0.05) is 13.0 Å². The van der Waals surface area contributed by atoms with Gasteiger partial charge in [0.25, 0.3) is 0 Å². The van der Waals surface area contributed by atoms with Crippen LogP contribution in [0.15, 0.2) is 18.2 Å². The fraction of sp³-hybridized carbons (Fsp3) is 0.500. The van der Waals surface area contributed by atoms with Crippen molar-refractivity contribution < 1.29 is 19.4 Å². The van der Waals surface area contributed by atoms with Crippen LogP contribution in [-0.2, 0) is 9.59 Å². The summed E-state index contributed by atoms with van der Waals surface area (Å²) >= 11 is 0. The number of hydrogen-bond donors (Lipinski definition) is 2. The Balaban J connectivity index is 2.21. The van der Waals surface area contributed by atoms with Crippen LogP contribution in [0.1, 0.15) is 30.9 Å². The number of carboxylic acids is 1. The highest BCUT2D eigenvalue weighted by atomic mass is 16.5. The molecule has 0 aliphatic carbocycles. The van der Waals surface area contributed by atoms with Gasteiger partial charge in [0.2, 0.25) is 5.91 Å². The lowest BCUT2D eigenvalue weighted by Gasteiger charge is -2.10. The molecule has 1 atom stereocenters. The molecule has 21 heavy (non-hydrogen) atoms. The average molecular weight is 293 g/mol. The van der Waals surface area contributed by atoms with Gasteiger partial charge in [0.15, 0.2) is 0 Å². The van der Waals surface area contributed by atoms with E-state index in [9.17, 15) is 9.59 Å². The normalized spacial score (nSPS) is 11.8. The molecule has 0 radical (unpaired) electrons. The number of rotatable bonds is 8. The Morgan fingerprint density at radius 1 is 1.29 bits per heavy atom. The second-order valence-corrected chi connectivity index (χ2v) is 5.22. The van der Waals surface area contributed by atoms with Crippen LogP contribution in [0.3, 0.4) is 0 Å². The minimum absolute atomic E-state index is 0.128. The Labute approximate surface area is 125 Å². The van der Waals surface area contributed by atoms with Crippen molar-refractivity contribution in [3.8, 4) is 5.75 Å². The summed E-state index contributed by atoms with van der Waals surface area (Å²) < 4.78 is 5.52. The predicted octanol–water partition coefficient (Wildman–Crippen LogP) is 2.30. The summed E-state index contributed by atoms with van der Waals surface area (Å²) in [7, 11) is 0. The third-order valence-corrected chi connectivity index (χ3v) is 3.40. The number of hydrogen-bond acceptors (Lipinski definition) is 3. The summed E-state index contributed by atoms with van der Waals surface area (Å²) in [4.78, 5) is 22.2. The van der Waals surface area contributed by atoms with Gasteiger partial charge >= 0.3 is 5.97 Å². The molecule has 0 heterocycles. The van der Waals surface area contributed by atoms with E-state index in [2.05, 4.69) is 5.32 Å². The second kappa shape index (κ2) is 8.29. The van der Waals surface area contributed by atoms with Crippen molar-refractivity contribution in [2.24, 2.45) is 5.92 Å². The van der Waals surface area contributed by atoms with Crippen molar-refractivity contribution in [3.63, 3.8) is 0 Å². The first-order valence-corrected chi connectivity index (χ1v) is 7.09. The van der Waals surface area contributed by atoms with Gasteiger partial charge < -0.3 is 15.2 Å². The number of ether oxygens (including phenoxy) is 1. The zero-order valence-electron chi connectivity index (χ0n) is 12.8. The van der Waals surface area contributed by atoms with Gasteiger partial charge in [0.1, 0.15) is 5.75 Å². The molecule has 0 saturated heterocycles. The number of aryl methyl sites for hydroxylation is 2. The molecule has 0 spiro atoms. The van der Waals surface area contributed by atoms with Gasteiger partial charge in [0.05, 0.1) is 18.9 Å². The summed E-state index contributed by atoms with van der Waals surface area (Å²) in [6.45, 7) is 6.35. The summed E-state index contributed by atoms with van der Waals surface area (Å²) in [6.07, 6.45) is 0.688. The van der Waals surface area contributed by atoms with E-state index in [1.54, 1.807) is 6.92 Å². The van der Waals surface area contributed by atoms with E-state index in [1.807, 2.05) is 32.0 Å². The molecule has 0 aliphatic heterocycles. The van der Waals surface area contributed by atoms with Gasteiger partial charge in [-0.2, -0.15) is 0 Å². The monoisotopic (exact) mass is 293 g/mol. The van der Waals surface area contributed by atoms with E-state index < -0.39 is 11.9 Å². The molecule has 1 aromatic rings. The zero-order valence-corrected chi connectivity index (χ0v) is 12.8. The van der Waals surface area contributed by atoms with Gasteiger partial charge in [-0.05, 0) is 43.5 Å². The molecule has 0 aliphatic rings. The zero-order chi connectivity index (χ0) is 15.8. The number of carboxylic acid groups (broad SMARTS) is 1. The van der Waals surface area contributed by atoms with Gasteiger partial charge in [0, 0.05) is 6.54 Å². The molecule has 0 fully saturated rings. The minimum Gasteiger partial charge on any atom is -0.493 e. The van der Waals surface area contributed by atoms with Crippen molar-refractivity contribution in [2.45, 2.75) is 33.6 Å². The van der Waals surface area contributed by atoms with Gasteiger partial charge in [-0.3, -0.25) is 9.59 Å². The van der Waals surface area contributed by atoms with Gasteiger partial charge in [-0.25, -0.2) is 0 Å². The van der Waals surface area contributed by atoms with Crippen molar-refractivity contribution in [1.82, 2.24) is 5.32 Å². The van der Waals surface area contributed by atoms with Crippen LogP contribution in [0.5, 0.6) is 5.75 Å². The molecular weight excluding hydrogens is 270 g/mol. The Kier molecular flexibility index (Phi) is 6.72. The van der Waals surface area contributed by atoms with Crippen molar-refractivity contribution in [1.29, 1.82) is 0 Å². The Morgan fingerprint density at radius 3 is 2.62 bits per heavy atom. The van der Waals surface area contributed by atoms with E-state index in [0.717, 1.165) is 11.3 Å². The number of amides is 1. The van der Waals surface area contributed by atoms with Gasteiger partial charge in [-0.15, -0.1) is 0 Å². The Hall–Kier alpha value is -2.04. The molecule has 5 heteroatoms. The molecule has 1 rings (SSSR count). The van der Waals surface area contributed by atoms with Crippen LogP contribution in [0.4, 0.5) is 0 Å². The summed E-state index contributed by atoms with van der Waals surface area (Å²) in [5, 5.41) is 11.4. The molecule has 1 aromatic carbocycles.